The van der Waals surface area contributed by atoms with E-state index in [0.717, 1.165) is 28.2 Å². The molecule has 4 heteroatoms. The van der Waals surface area contributed by atoms with Crippen molar-refractivity contribution >= 4 is 28.2 Å². The summed E-state index contributed by atoms with van der Waals surface area (Å²) in [4.78, 5) is 9.72. The lowest BCUT2D eigenvalue weighted by atomic mass is 10.2. The normalized spacial score (nSPS) is 10.6. The molecule has 0 spiro atoms. The second-order valence-corrected chi connectivity index (χ2v) is 4.68. The Bertz CT molecular complexity index is 700. The fourth-order valence-corrected chi connectivity index (χ4v) is 2.01. The molecular weight excluding hydrogens is 236 g/mol. The highest BCUT2D eigenvalue weighted by Gasteiger charge is 2.01. The van der Waals surface area contributed by atoms with Gasteiger partial charge in [-0.3, -0.25) is 0 Å². The molecule has 2 N–H and O–H groups in total. The van der Waals surface area contributed by atoms with E-state index >= 15 is 0 Å². The minimum absolute atomic E-state index is 0.839. The van der Waals surface area contributed by atoms with Crippen LogP contribution < -0.4 is 10.2 Å². The van der Waals surface area contributed by atoms with E-state index in [2.05, 4.69) is 38.4 Å². The summed E-state index contributed by atoms with van der Waals surface area (Å²) in [5, 5.41) is 4.44. The Morgan fingerprint density at radius 1 is 1.11 bits per heavy atom. The summed E-state index contributed by atoms with van der Waals surface area (Å²) < 4.78 is 0. The molecule has 0 unspecified atom stereocenters. The van der Waals surface area contributed by atoms with Crippen molar-refractivity contribution in [3.8, 4) is 0 Å². The first-order chi connectivity index (χ1) is 9.22. The van der Waals surface area contributed by atoms with Crippen molar-refractivity contribution in [1.82, 2.24) is 9.97 Å². The number of nitrogens with one attached hydrogen (secondary N) is 2. The van der Waals surface area contributed by atoms with Crippen LogP contribution in [0.5, 0.6) is 0 Å². The van der Waals surface area contributed by atoms with E-state index < -0.39 is 0 Å². The number of hydrogen-bond acceptors (Lipinski definition) is 3. The molecule has 0 saturated carbocycles. The zero-order valence-electron chi connectivity index (χ0n) is 11.0. The van der Waals surface area contributed by atoms with Crippen LogP contribution in [0.25, 0.3) is 11.0 Å². The quantitative estimate of drug-likeness (QED) is 0.751. The van der Waals surface area contributed by atoms with Crippen LogP contribution in [0.3, 0.4) is 0 Å². The summed E-state index contributed by atoms with van der Waals surface area (Å²) in [5.74, 6) is 0.839. The maximum atomic E-state index is 4.52. The summed E-state index contributed by atoms with van der Waals surface area (Å²) in [6.45, 7) is 0. The van der Waals surface area contributed by atoms with E-state index in [1.165, 1.54) is 0 Å². The Balaban J connectivity index is 1.89. The Hall–Kier alpha value is -2.49. The van der Waals surface area contributed by atoms with E-state index in [4.69, 9.17) is 0 Å². The average Bonchev–Trinajstić information content (AvgIpc) is 2.86. The minimum Gasteiger partial charge on any atom is -0.378 e. The van der Waals surface area contributed by atoms with Gasteiger partial charge < -0.3 is 15.2 Å². The monoisotopic (exact) mass is 252 g/mol. The molecule has 0 radical (unpaired) electrons. The van der Waals surface area contributed by atoms with E-state index in [9.17, 15) is 0 Å². The number of fused-ring (bicyclic) bond motifs is 1. The molecule has 3 aromatic rings. The van der Waals surface area contributed by atoms with E-state index in [0.29, 0.717) is 0 Å². The Labute approximate surface area is 112 Å². The molecule has 0 fully saturated rings. The molecule has 0 amide bonds. The second kappa shape index (κ2) is 4.65. The number of pyridine rings is 1. The summed E-state index contributed by atoms with van der Waals surface area (Å²) in [5.41, 5.74) is 3.09. The van der Waals surface area contributed by atoms with E-state index in [1.807, 2.05) is 44.6 Å². The van der Waals surface area contributed by atoms with Gasteiger partial charge in [-0.25, -0.2) is 4.98 Å². The molecule has 0 aliphatic carbocycles. The van der Waals surface area contributed by atoms with Crippen LogP contribution in [0.4, 0.5) is 17.2 Å². The second-order valence-electron chi connectivity index (χ2n) is 4.68. The van der Waals surface area contributed by atoms with Gasteiger partial charge in [0.25, 0.3) is 0 Å². The van der Waals surface area contributed by atoms with Crippen LogP contribution in [-0.2, 0) is 0 Å². The van der Waals surface area contributed by atoms with Crippen molar-refractivity contribution in [2.24, 2.45) is 0 Å². The Morgan fingerprint density at radius 3 is 2.84 bits per heavy atom. The lowest BCUT2D eigenvalue weighted by Crippen LogP contribution is -2.08. The van der Waals surface area contributed by atoms with Crippen molar-refractivity contribution in [1.29, 1.82) is 0 Å². The van der Waals surface area contributed by atoms with Gasteiger partial charge in [0.1, 0.15) is 11.5 Å². The number of rotatable bonds is 3. The average molecular weight is 252 g/mol. The molecule has 0 saturated heterocycles. The number of hydrogen-bond donors (Lipinski definition) is 2. The molecule has 4 nitrogen and oxygen atoms in total. The summed E-state index contributed by atoms with van der Waals surface area (Å²) in [7, 11) is 4.06. The number of aromatic amines is 1. The lowest BCUT2D eigenvalue weighted by Gasteiger charge is -2.14. The van der Waals surface area contributed by atoms with Crippen molar-refractivity contribution in [3.05, 3.63) is 48.7 Å². The molecule has 0 bridgehead atoms. The third-order valence-electron chi connectivity index (χ3n) is 3.04. The van der Waals surface area contributed by atoms with Crippen molar-refractivity contribution in [2.75, 3.05) is 24.3 Å². The van der Waals surface area contributed by atoms with E-state index in [-0.39, 0.29) is 0 Å². The molecule has 2 heterocycles. The van der Waals surface area contributed by atoms with Crippen LogP contribution in [0.2, 0.25) is 0 Å². The van der Waals surface area contributed by atoms with Gasteiger partial charge in [-0.1, -0.05) is 6.07 Å². The molecule has 3 rings (SSSR count). The largest absolute Gasteiger partial charge is 0.378 e. The highest BCUT2D eigenvalue weighted by molar-refractivity contribution is 5.78. The molecule has 2 aromatic heterocycles. The van der Waals surface area contributed by atoms with Gasteiger partial charge in [0.2, 0.25) is 0 Å². The number of nitrogens with zero attached hydrogens (tertiary/aromatic N) is 2. The third-order valence-corrected chi connectivity index (χ3v) is 3.04. The summed E-state index contributed by atoms with van der Waals surface area (Å²) >= 11 is 0. The molecule has 19 heavy (non-hydrogen) atoms. The van der Waals surface area contributed by atoms with Gasteiger partial charge in [-0.2, -0.15) is 0 Å². The standard InChI is InChI=1S/C15H16N4/c1-19(2)13-5-3-4-12(10-13)17-14-7-6-11-8-9-16-15(11)18-14/h3-10H,1-2H3,(H2,16,17,18). The number of anilines is 3. The maximum Gasteiger partial charge on any atom is 0.139 e. The molecular formula is C15H16N4. The van der Waals surface area contributed by atoms with Crippen LogP contribution in [-0.4, -0.2) is 24.1 Å². The first-order valence-electron chi connectivity index (χ1n) is 6.21. The molecule has 96 valence electrons. The predicted octanol–water partition coefficient (Wildman–Crippen LogP) is 3.37. The number of aromatic nitrogens is 2. The van der Waals surface area contributed by atoms with Crippen LogP contribution >= 0.6 is 0 Å². The van der Waals surface area contributed by atoms with Crippen molar-refractivity contribution in [2.45, 2.75) is 0 Å². The number of benzene rings is 1. The van der Waals surface area contributed by atoms with Gasteiger partial charge in [0.15, 0.2) is 0 Å². The topological polar surface area (TPSA) is 44.0 Å². The van der Waals surface area contributed by atoms with Gasteiger partial charge in [0.05, 0.1) is 0 Å². The highest BCUT2D eigenvalue weighted by atomic mass is 15.1. The fraction of sp³-hybridized carbons (Fsp3) is 0.133. The van der Waals surface area contributed by atoms with Gasteiger partial charge in [0, 0.05) is 37.1 Å². The van der Waals surface area contributed by atoms with Crippen LogP contribution in [0.1, 0.15) is 0 Å². The first-order valence-corrected chi connectivity index (χ1v) is 6.21. The zero-order valence-corrected chi connectivity index (χ0v) is 11.0. The minimum atomic E-state index is 0.839. The molecule has 0 aliphatic rings. The van der Waals surface area contributed by atoms with Gasteiger partial charge >= 0.3 is 0 Å². The highest BCUT2D eigenvalue weighted by Crippen LogP contribution is 2.21. The van der Waals surface area contributed by atoms with Crippen LogP contribution in [0, 0.1) is 0 Å². The van der Waals surface area contributed by atoms with Crippen LogP contribution in [0.15, 0.2) is 48.7 Å². The number of H-pyrrole nitrogens is 1. The predicted molar refractivity (Wildman–Crippen MR) is 80.1 cm³/mol. The molecule has 1 aromatic carbocycles. The van der Waals surface area contributed by atoms with Crippen molar-refractivity contribution in [3.63, 3.8) is 0 Å². The summed E-state index contributed by atoms with van der Waals surface area (Å²) in [6, 6.07) is 14.3. The fourth-order valence-electron chi connectivity index (χ4n) is 2.01. The molecule has 0 aliphatic heterocycles. The lowest BCUT2D eigenvalue weighted by molar-refractivity contribution is 1.13. The summed E-state index contributed by atoms with van der Waals surface area (Å²) in [6.07, 6.45) is 1.90. The molecule has 0 atom stereocenters. The SMILES string of the molecule is CN(C)c1cccc(Nc2ccc3cc[nH]c3n2)c1. The Kier molecular flexibility index (Phi) is 2.83. The van der Waals surface area contributed by atoms with Gasteiger partial charge in [-0.05, 0) is 36.4 Å². The zero-order chi connectivity index (χ0) is 13.2. The van der Waals surface area contributed by atoms with E-state index in [1.54, 1.807) is 0 Å². The first kappa shape index (κ1) is 11.6. The maximum absolute atomic E-state index is 4.52. The Morgan fingerprint density at radius 2 is 2.00 bits per heavy atom. The van der Waals surface area contributed by atoms with Crippen molar-refractivity contribution < 1.29 is 0 Å². The smallest absolute Gasteiger partial charge is 0.139 e. The van der Waals surface area contributed by atoms with Gasteiger partial charge in [-0.15, -0.1) is 0 Å². The third kappa shape index (κ3) is 2.38.